The molecule has 0 fully saturated rings. The number of nitrogens with one attached hydrogen (secondary N) is 1. The molecule has 2 aliphatic heterocycles. The van der Waals surface area contributed by atoms with Crippen molar-refractivity contribution in [3.05, 3.63) is 110 Å². The van der Waals surface area contributed by atoms with Gasteiger partial charge in [0.25, 0.3) is 5.91 Å². The number of carbonyl (C=O) groups is 2. The van der Waals surface area contributed by atoms with Crippen LogP contribution in [0.2, 0.25) is 0 Å². The van der Waals surface area contributed by atoms with E-state index in [0.717, 1.165) is 14.6 Å². The zero-order valence-corrected chi connectivity index (χ0v) is 20.3. The number of hydrogen-bond donors (Lipinski definition) is 1. The number of benzene rings is 2. The highest BCUT2D eigenvalue weighted by molar-refractivity contribution is 9.11. The van der Waals surface area contributed by atoms with Crippen LogP contribution >= 0.6 is 31.9 Å². The quantitative estimate of drug-likeness (QED) is 0.466. The lowest BCUT2D eigenvalue weighted by atomic mass is 9.93. The van der Waals surface area contributed by atoms with Gasteiger partial charge in [0.05, 0.1) is 22.2 Å². The van der Waals surface area contributed by atoms with Gasteiger partial charge in [0, 0.05) is 28.1 Å². The fraction of sp³-hybridized carbons (Fsp3) is 0.0800. The standard InChI is InChI=1S/C25H17Br2N3O3/c26-16-10-20(27)24(28-12-16)30-14-19-22(33-21-9-5-4-8-18(21)23(19)31)11-17(30)13-29-25(32)15-6-2-1-3-7-15/h1-12,14,22H,13H2,(H,29,32)/t22-/m0/s1. The first-order valence-electron chi connectivity index (χ1n) is 10.2. The highest BCUT2D eigenvalue weighted by Crippen LogP contribution is 2.37. The predicted octanol–water partition coefficient (Wildman–Crippen LogP) is 5.27. The Balaban J connectivity index is 1.51. The lowest BCUT2D eigenvalue weighted by Crippen LogP contribution is -2.39. The van der Waals surface area contributed by atoms with Crippen molar-refractivity contribution >= 4 is 49.4 Å². The Morgan fingerprint density at radius 3 is 2.64 bits per heavy atom. The third kappa shape index (κ3) is 4.24. The minimum atomic E-state index is -0.554. The number of Topliss-reactive ketones (excluding diaryl/α,β-unsaturated/α-hetero) is 1. The first-order chi connectivity index (χ1) is 16.0. The van der Waals surface area contributed by atoms with Gasteiger partial charge in [-0.3, -0.25) is 9.59 Å². The minimum absolute atomic E-state index is 0.0938. The van der Waals surface area contributed by atoms with Crippen LogP contribution in [0.25, 0.3) is 0 Å². The van der Waals surface area contributed by atoms with E-state index in [1.807, 2.05) is 47.4 Å². The number of rotatable bonds is 4. The molecule has 3 heterocycles. The first-order valence-corrected chi connectivity index (χ1v) is 11.8. The van der Waals surface area contributed by atoms with Gasteiger partial charge in [-0.15, -0.1) is 0 Å². The van der Waals surface area contributed by atoms with Crippen molar-refractivity contribution in [3.8, 4) is 5.75 Å². The molecule has 0 aliphatic carbocycles. The van der Waals surface area contributed by atoms with Crippen LogP contribution in [0, 0.1) is 0 Å². The van der Waals surface area contributed by atoms with Crippen LogP contribution in [0.1, 0.15) is 20.7 Å². The molecule has 1 N–H and O–H groups in total. The van der Waals surface area contributed by atoms with Crippen molar-refractivity contribution in [1.82, 2.24) is 10.3 Å². The maximum atomic E-state index is 13.2. The number of fused-ring (bicyclic) bond motifs is 2. The number of halogens is 2. The fourth-order valence-electron chi connectivity index (χ4n) is 3.76. The van der Waals surface area contributed by atoms with Crippen molar-refractivity contribution in [3.63, 3.8) is 0 Å². The van der Waals surface area contributed by atoms with Crippen LogP contribution < -0.4 is 15.0 Å². The number of carbonyl (C=O) groups excluding carboxylic acids is 2. The third-order valence-corrected chi connectivity index (χ3v) is 6.38. The number of nitrogens with zero attached hydrogens (tertiary/aromatic N) is 2. The van der Waals surface area contributed by atoms with Gasteiger partial charge in [0.15, 0.2) is 11.6 Å². The molecule has 3 aromatic rings. The van der Waals surface area contributed by atoms with Gasteiger partial charge in [0.1, 0.15) is 11.9 Å². The predicted molar refractivity (Wildman–Crippen MR) is 132 cm³/mol. The normalized spacial score (nSPS) is 16.7. The van der Waals surface area contributed by atoms with E-state index in [1.165, 1.54) is 0 Å². The Labute approximate surface area is 207 Å². The summed E-state index contributed by atoms with van der Waals surface area (Å²) in [5.74, 6) is 0.852. The van der Waals surface area contributed by atoms with E-state index in [9.17, 15) is 9.59 Å². The number of hydrogen-bond acceptors (Lipinski definition) is 5. The number of aromatic nitrogens is 1. The van der Waals surface area contributed by atoms with E-state index < -0.39 is 6.10 Å². The second kappa shape index (κ2) is 8.96. The van der Waals surface area contributed by atoms with Gasteiger partial charge in [-0.05, 0) is 68.3 Å². The van der Waals surface area contributed by atoms with Crippen molar-refractivity contribution in [1.29, 1.82) is 0 Å². The fourth-order valence-corrected chi connectivity index (χ4v) is 4.94. The van der Waals surface area contributed by atoms with Gasteiger partial charge in [-0.1, -0.05) is 30.3 Å². The van der Waals surface area contributed by atoms with E-state index >= 15 is 0 Å². The molecule has 0 spiro atoms. The van der Waals surface area contributed by atoms with Crippen molar-refractivity contribution < 1.29 is 14.3 Å². The first kappa shape index (κ1) is 21.6. The average Bonchev–Trinajstić information content (AvgIpc) is 2.83. The molecule has 6 nitrogen and oxygen atoms in total. The molecule has 2 aromatic carbocycles. The molecule has 5 rings (SSSR count). The van der Waals surface area contributed by atoms with Gasteiger partial charge in [-0.25, -0.2) is 4.98 Å². The maximum Gasteiger partial charge on any atom is 0.251 e. The molecule has 1 aromatic heterocycles. The third-order valence-electron chi connectivity index (χ3n) is 5.36. The molecule has 0 bridgehead atoms. The largest absolute Gasteiger partial charge is 0.481 e. The number of para-hydroxylation sites is 1. The number of pyridine rings is 1. The molecule has 1 amide bonds. The summed E-state index contributed by atoms with van der Waals surface area (Å²) in [5, 5.41) is 2.95. The zero-order chi connectivity index (χ0) is 22.9. The smallest absolute Gasteiger partial charge is 0.251 e. The number of anilines is 1. The number of ether oxygens (including phenoxy) is 1. The lowest BCUT2D eigenvalue weighted by Gasteiger charge is -2.34. The van der Waals surface area contributed by atoms with Crippen molar-refractivity contribution in [2.75, 3.05) is 11.4 Å². The Morgan fingerprint density at radius 1 is 1.09 bits per heavy atom. The Bertz CT molecular complexity index is 1320. The SMILES string of the molecule is O=C(NCC1=C[C@@H]2Oc3ccccc3C(=O)C2=CN1c1ncc(Br)cc1Br)c1ccccc1. The molecule has 8 heteroatoms. The van der Waals surface area contributed by atoms with Crippen LogP contribution in [-0.4, -0.2) is 29.3 Å². The second-order valence-electron chi connectivity index (χ2n) is 7.48. The summed E-state index contributed by atoms with van der Waals surface area (Å²) in [6, 6.07) is 18.1. The zero-order valence-electron chi connectivity index (χ0n) is 17.2. The molecule has 0 radical (unpaired) electrons. The van der Waals surface area contributed by atoms with Gasteiger partial charge >= 0.3 is 0 Å². The monoisotopic (exact) mass is 565 g/mol. The average molecular weight is 567 g/mol. The van der Waals surface area contributed by atoms with E-state index in [1.54, 1.807) is 36.7 Å². The Morgan fingerprint density at radius 2 is 1.85 bits per heavy atom. The molecule has 0 unspecified atom stereocenters. The molecule has 0 saturated heterocycles. The van der Waals surface area contributed by atoms with Crippen molar-refractivity contribution in [2.45, 2.75) is 6.10 Å². The summed E-state index contributed by atoms with van der Waals surface area (Å²) in [5.41, 5.74) is 2.33. The van der Waals surface area contributed by atoms with Crippen LogP contribution in [0.15, 0.2) is 99.4 Å². The lowest BCUT2D eigenvalue weighted by molar-refractivity contribution is 0.0950. The van der Waals surface area contributed by atoms with Gasteiger partial charge in [0.2, 0.25) is 0 Å². The highest BCUT2D eigenvalue weighted by atomic mass is 79.9. The summed E-state index contributed by atoms with van der Waals surface area (Å²) in [7, 11) is 0. The second-order valence-corrected chi connectivity index (χ2v) is 9.25. The Hall–Kier alpha value is -3.23. The Kier molecular flexibility index (Phi) is 5.86. The molecule has 2 aliphatic rings. The molecule has 1 atom stereocenters. The van der Waals surface area contributed by atoms with Crippen LogP contribution in [0.4, 0.5) is 5.82 Å². The number of ketones is 1. The molecule has 33 heavy (non-hydrogen) atoms. The van der Waals surface area contributed by atoms with E-state index in [0.29, 0.717) is 28.3 Å². The van der Waals surface area contributed by atoms with Crippen LogP contribution in [0.3, 0.4) is 0 Å². The van der Waals surface area contributed by atoms with Crippen LogP contribution in [-0.2, 0) is 0 Å². The molecular formula is C25H17Br2N3O3. The minimum Gasteiger partial charge on any atom is -0.481 e. The summed E-state index contributed by atoms with van der Waals surface area (Å²) >= 11 is 6.98. The molecule has 0 saturated carbocycles. The molecule has 164 valence electrons. The summed E-state index contributed by atoms with van der Waals surface area (Å²) in [6.07, 6.45) is 4.72. The summed E-state index contributed by atoms with van der Waals surface area (Å²) < 4.78 is 7.66. The topological polar surface area (TPSA) is 71.5 Å². The van der Waals surface area contributed by atoms with E-state index in [-0.39, 0.29) is 18.2 Å². The van der Waals surface area contributed by atoms with E-state index in [4.69, 9.17) is 4.74 Å². The van der Waals surface area contributed by atoms with Crippen molar-refractivity contribution in [2.24, 2.45) is 0 Å². The molecular weight excluding hydrogens is 550 g/mol. The van der Waals surface area contributed by atoms with Crippen LogP contribution in [0.5, 0.6) is 5.75 Å². The highest BCUT2D eigenvalue weighted by Gasteiger charge is 2.35. The van der Waals surface area contributed by atoms with Gasteiger partial charge < -0.3 is 15.0 Å². The summed E-state index contributed by atoms with van der Waals surface area (Å²) in [4.78, 5) is 32.2. The summed E-state index contributed by atoms with van der Waals surface area (Å²) in [6.45, 7) is 0.220. The number of amides is 1. The van der Waals surface area contributed by atoms with E-state index in [2.05, 4.69) is 42.2 Å². The van der Waals surface area contributed by atoms with Gasteiger partial charge in [-0.2, -0.15) is 0 Å². The maximum absolute atomic E-state index is 13.2.